The summed E-state index contributed by atoms with van der Waals surface area (Å²) in [6, 6.07) is 12.3. The van der Waals surface area contributed by atoms with Crippen LogP contribution in [-0.2, 0) is 9.59 Å². The minimum absolute atomic E-state index is 0.00166. The monoisotopic (exact) mass is 421 g/mol. The Morgan fingerprint density at radius 1 is 1.07 bits per heavy atom. The molecule has 0 radical (unpaired) electrons. The molecule has 1 aliphatic heterocycles. The molecule has 1 saturated heterocycles. The number of nitrogens with zero attached hydrogens (tertiary/aromatic N) is 2. The number of benzene rings is 2. The van der Waals surface area contributed by atoms with Crippen LogP contribution in [0.2, 0.25) is 0 Å². The molecule has 5 nitrogen and oxygen atoms in total. The van der Waals surface area contributed by atoms with Crippen LogP contribution in [-0.4, -0.2) is 33.2 Å². The molecule has 2 fully saturated rings. The summed E-state index contributed by atoms with van der Waals surface area (Å²) in [5, 5.41) is 3.25. The number of anilines is 1. The fraction of sp³-hybridized carbons (Fsp3) is 0.375. The average molecular weight is 422 g/mol. The Morgan fingerprint density at radius 2 is 1.73 bits per heavy atom. The van der Waals surface area contributed by atoms with Crippen molar-refractivity contribution in [1.82, 2.24) is 4.90 Å². The van der Waals surface area contributed by atoms with Crippen LogP contribution < -0.4 is 5.32 Å². The van der Waals surface area contributed by atoms with E-state index in [1.807, 2.05) is 56.0 Å². The van der Waals surface area contributed by atoms with Crippen molar-refractivity contribution in [1.29, 1.82) is 0 Å². The summed E-state index contributed by atoms with van der Waals surface area (Å²) in [7, 11) is 0. The third-order valence-electron chi connectivity index (χ3n) is 5.47. The van der Waals surface area contributed by atoms with Crippen molar-refractivity contribution in [3.05, 3.63) is 58.7 Å². The summed E-state index contributed by atoms with van der Waals surface area (Å²) in [5.74, 6) is -0.141. The Balaban J connectivity index is 1.51. The average Bonchev–Trinajstić information content (AvgIpc) is 3.46. The standard InChI is InChI=1S/C24H27N3O2S/c1-14-5-9-19(16(3)11-14)25-22(28)13-21-23(29)27(18-7-8-18)24(30-21)26-20-10-6-15(2)12-17(20)4/h5-6,9-12,18,21H,7-8,13H2,1-4H3,(H,25,28)/t21-/m0/s1. The summed E-state index contributed by atoms with van der Waals surface area (Å²) in [6.45, 7) is 8.08. The van der Waals surface area contributed by atoms with Crippen LogP contribution in [0.4, 0.5) is 11.4 Å². The van der Waals surface area contributed by atoms with Crippen molar-refractivity contribution in [2.24, 2.45) is 4.99 Å². The first kappa shape index (κ1) is 20.7. The number of amides is 2. The van der Waals surface area contributed by atoms with Crippen molar-refractivity contribution >= 4 is 40.1 Å². The lowest BCUT2D eigenvalue weighted by molar-refractivity contribution is -0.128. The summed E-state index contributed by atoms with van der Waals surface area (Å²) in [5.41, 5.74) is 6.12. The largest absolute Gasteiger partial charge is 0.326 e. The minimum atomic E-state index is -0.430. The lowest BCUT2D eigenvalue weighted by Gasteiger charge is -2.15. The van der Waals surface area contributed by atoms with Gasteiger partial charge < -0.3 is 5.32 Å². The SMILES string of the molecule is Cc1ccc(N=C2S[C@@H](CC(=O)Nc3ccc(C)cc3C)C(=O)N2C2CC2)c(C)c1. The number of hydrogen-bond acceptors (Lipinski definition) is 4. The summed E-state index contributed by atoms with van der Waals surface area (Å²) < 4.78 is 0. The normalized spacial score (nSPS) is 20.1. The molecule has 2 aliphatic rings. The highest BCUT2D eigenvalue weighted by molar-refractivity contribution is 8.15. The molecule has 2 amide bonds. The second-order valence-electron chi connectivity index (χ2n) is 8.30. The van der Waals surface area contributed by atoms with Crippen molar-refractivity contribution in [2.75, 3.05) is 5.32 Å². The summed E-state index contributed by atoms with van der Waals surface area (Å²) in [6.07, 6.45) is 2.14. The van der Waals surface area contributed by atoms with Crippen LogP contribution in [0.15, 0.2) is 41.4 Å². The Hall–Kier alpha value is -2.60. The molecule has 0 spiro atoms. The van der Waals surface area contributed by atoms with E-state index in [4.69, 9.17) is 4.99 Å². The number of carbonyl (C=O) groups excluding carboxylic acids is 2. The van der Waals surface area contributed by atoms with E-state index >= 15 is 0 Å². The van der Waals surface area contributed by atoms with Gasteiger partial charge in [-0.3, -0.25) is 14.5 Å². The molecule has 6 heteroatoms. The van der Waals surface area contributed by atoms with Crippen molar-refractivity contribution in [3.8, 4) is 0 Å². The van der Waals surface area contributed by atoms with E-state index in [1.165, 1.54) is 17.3 Å². The summed E-state index contributed by atoms with van der Waals surface area (Å²) >= 11 is 1.41. The Labute approximate surface area is 182 Å². The predicted octanol–water partition coefficient (Wildman–Crippen LogP) is 5.04. The molecule has 1 heterocycles. The van der Waals surface area contributed by atoms with Gasteiger partial charge in [0.15, 0.2) is 5.17 Å². The maximum absolute atomic E-state index is 13.1. The van der Waals surface area contributed by atoms with Gasteiger partial charge in [-0.2, -0.15) is 0 Å². The van der Waals surface area contributed by atoms with Crippen molar-refractivity contribution < 1.29 is 9.59 Å². The maximum Gasteiger partial charge on any atom is 0.242 e. The van der Waals surface area contributed by atoms with Gasteiger partial charge in [0, 0.05) is 18.2 Å². The van der Waals surface area contributed by atoms with Gasteiger partial charge in [-0.05, 0) is 63.8 Å². The third-order valence-corrected chi connectivity index (χ3v) is 6.63. The number of thioether (sulfide) groups is 1. The van der Waals surface area contributed by atoms with Gasteiger partial charge in [0.25, 0.3) is 0 Å². The molecule has 0 bridgehead atoms. The first-order valence-electron chi connectivity index (χ1n) is 10.3. The molecular formula is C24H27N3O2S. The van der Waals surface area contributed by atoms with Gasteiger partial charge >= 0.3 is 0 Å². The van der Waals surface area contributed by atoms with Crippen LogP contribution in [0.1, 0.15) is 41.5 Å². The van der Waals surface area contributed by atoms with E-state index in [0.29, 0.717) is 0 Å². The predicted molar refractivity (Wildman–Crippen MR) is 123 cm³/mol. The van der Waals surface area contributed by atoms with E-state index < -0.39 is 5.25 Å². The number of amidine groups is 1. The quantitative estimate of drug-likeness (QED) is 0.735. The lowest BCUT2D eigenvalue weighted by atomic mass is 10.1. The number of rotatable bonds is 5. The van der Waals surface area contributed by atoms with Gasteiger partial charge in [0.2, 0.25) is 11.8 Å². The second kappa shape index (κ2) is 8.26. The number of carbonyl (C=O) groups is 2. The topological polar surface area (TPSA) is 61.8 Å². The highest BCUT2D eigenvalue weighted by atomic mass is 32.2. The zero-order valence-corrected chi connectivity index (χ0v) is 18.7. The summed E-state index contributed by atoms with van der Waals surface area (Å²) in [4.78, 5) is 32.4. The Morgan fingerprint density at radius 3 is 2.37 bits per heavy atom. The second-order valence-corrected chi connectivity index (χ2v) is 9.47. The molecule has 1 saturated carbocycles. The zero-order chi connectivity index (χ0) is 21.4. The molecule has 30 heavy (non-hydrogen) atoms. The van der Waals surface area contributed by atoms with Crippen LogP contribution in [0, 0.1) is 27.7 Å². The van der Waals surface area contributed by atoms with E-state index in [2.05, 4.69) is 18.3 Å². The Bertz CT molecular complexity index is 1040. The smallest absolute Gasteiger partial charge is 0.242 e. The van der Waals surface area contributed by atoms with Gasteiger partial charge in [-0.15, -0.1) is 0 Å². The molecule has 0 unspecified atom stereocenters. The van der Waals surface area contributed by atoms with E-state index in [9.17, 15) is 9.59 Å². The molecule has 1 N–H and O–H groups in total. The molecule has 156 valence electrons. The van der Waals surface area contributed by atoms with E-state index in [1.54, 1.807) is 0 Å². The van der Waals surface area contributed by atoms with Crippen LogP contribution in [0.25, 0.3) is 0 Å². The van der Waals surface area contributed by atoms with Crippen LogP contribution in [0.3, 0.4) is 0 Å². The van der Waals surface area contributed by atoms with Gasteiger partial charge in [0.1, 0.15) is 5.25 Å². The van der Waals surface area contributed by atoms with E-state index in [-0.39, 0.29) is 24.3 Å². The highest BCUT2D eigenvalue weighted by Gasteiger charge is 2.46. The third kappa shape index (κ3) is 4.43. The van der Waals surface area contributed by atoms with E-state index in [0.717, 1.165) is 46.1 Å². The fourth-order valence-corrected chi connectivity index (χ4v) is 4.93. The molecule has 1 aliphatic carbocycles. The minimum Gasteiger partial charge on any atom is -0.326 e. The van der Waals surface area contributed by atoms with Crippen LogP contribution >= 0.6 is 11.8 Å². The van der Waals surface area contributed by atoms with Gasteiger partial charge in [-0.25, -0.2) is 4.99 Å². The molecule has 4 rings (SSSR count). The van der Waals surface area contributed by atoms with Crippen molar-refractivity contribution in [3.63, 3.8) is 0 Å². The zero-order valence-electron chi connectivity index (χ0n) is 17.9. The number of aryl methyl sites for hydroxylation is 4. The Kier molecular flexibility index (Phi) is 5.69. The number of nitrogens with one attached hydrogen (secondary N) is 1. The first-order valence-corrected chi connectivity index (χ1v) is 11.2. The van der Waals surface area contributed by atoms with Crippen LogP contribution in [0.5, 0.6) is 0 Å². The number of hydrogen-bond donors (Lipinski definition) is 1. The fourth-order valence-electron chi connectivity index (χ4n) is 3.72. The molecule has 2 aromatic rings. The van der Waals surface area contributed by atoms with Gasteiger partial charge in [0.05, 0.1) is 5.69 Å². The molecule has 0 aromatic heterocycles. The molecule has 2 aromatic carbocycles. The first-order chi connectivity index (χ1) is 14.3. The highest BCUT2D eigenvalue weighted by Crippen LogP contribution is 2.40. The molecular weight excluding hydrogens is 394 g/mol. The number of aliphatic imine (C=N–C) groups is 1. The van der Waals surface area contributed by atoms with Crippen molar-refractivity contribution in [2.45, 2.75) is 58.2 Å². The van der Waals surface area contributed by atoms with Gasteiger partial charge in [-0.1, -0.05) is 47.2 Å². The molecule has 1 atom stereocenters. The maximum atomic E-state index is 13.1. The lowest BCUT2D eigenvalue weighted by Crippen LogP contribution is -2.35.